The number of methoxy groups -OCH3 is 1. The van der Waals surface area contributed by atoms with Crippen molar-refractivity contribution in [2.75, 3.05) is 13.7 Å². The molecular formula is C18H32N2O5. The molecule has 7 heteroatoms. The molecule has 0 radical (unpaired) electrons. The average molecular weight is 356 g/mol. The summed E-state index contributed by atoms with van der Waals surface area (Å²) in [4.78, 5) is 34.7. The van der Waals surface area contributed by atoms with Crippen LogP contribution >= 0.6 is 0 Å². The summed E-state index contributed by atoms with van der Waals surface area (Å²) >= 11 is 0. The van der Waals surface area contributed by atoms with Crippen molar-refractivity contribution in [1.29, 1.82) is 0 Å². The fourth-order valence-corrected chi connectivity index (χ4v) is 3.23. The van der Waals surface area contributed by atoms with Crippen molar-refractivity contribution in [3.05, 3.63) is 0 Å². The number of rotatable bonds is 9. The molecule has 144 valence electrons. The Hall–Kier alpha value is -1.63. The zero-order chi connectivity index (χ0) is 19.0. The van der Waals surface area contributed by atoms with E-state index in [1.807, 2.05) is 0 Å². The van der Waals surface area contributed by atoms with Gasteiger partial charge in [-0.15, -0.1) is 0 Å². The van der Waals surface area contributed by atoms with Crippen LogP contribution in [0.2, 0.25) is 0 Å². The Bertz CT molecular complexity index is 480. The Morgan fingerprint density at radius 2 is 2.00 bits per heavy atom. The summed E-state index contributed by atoms with van der Waals surface area (Å²) in [5.74, 6) is -0.962. The minimum Gasteiger partial charge on any atom is -0.467 e. The standard InChI is InChI=1S/C18H32N2O5/c1-12(2)18(3)9-5-6-13(10-18)25-11-16(22)20-14(17(23)24-4)7-8-15(19)21/h12-14H,5-11H2,1-4H3,(H2,19,21)(H,20,22)/t13?,14-,18?/m0/s1. The first-order valence-corrected chi connectivity index (χ1v) is 8.95. The fraction of sp³-hybridized carbons (Fsp3) is 0.833. The van der Waals surface area contributed by atoms with Crippen LogP contribution in [0.3, 0.4) is 0 Å². The lowest BCUT2D eigenvalue weighted by Gasteiger charge is -2.41. The summed E-state index contributed by atoms with van der Waals surface area (Å²) in [7, 11) is 1.23. The minimum atomic E-state index is -0.888. The highest BCUT2D eigenvalue weighted by Crippen LogP contribution is 2.42. The lowest BCUT2D eigenvalue weighted by molar-refractivity contribution is -0.146. The first-order chi connectivity index (χ1) is 11.7. The number of amides is 2. The maximum Gasteiger partial charge on any atom is 0.328 e. The van der Waals surface area contributed by atoms with Gasteiger partial charge in [-0.25, -0.2) is 4.79 Å². The minimum absolute atomic E-state index is 0.00370. The molecule has 0 heterocycles. The van der Waals surface area contributed by atoms with Crippen LogP contribution in [0, 0.1) is 11.3 Å². The van der Waals surface area contributed by atoms with E-state index in [9.17, 15) is 14.4 Å². The van der Waals surface area contributed by atoms with Gasteiger partial charge in [0, 0.05) is 6.42 Å². The third-order valence-electron chi connectivity index (χ3n) is 5.31. The number of carbonyl (C=O) groups is 3. The number of nitrogens with one attached hydrogen (secondary N) is 1. The van der Waals surface area contributed by atoms with Crippen molar-refractivity contribution >= 4 is 17.8 Å². The first kappa shape index (κ1) is 21.4. The molecule has 3 N–H and O–H groups in total. The SMILES string of the molecule is COC(=O)[C@H](CCC(N)=O)NC(=O)COC1CCCC(C)(C(C)C)C1. The maximum absolute atomic E-state index is 12.1. The molecule has 3 atom stereocenters. The van der Waals surface area contributed by atoms with E-state index in [0.29, 0.717) is 5.92 Å². The molecule has 0 spiro atoms. The third-order valence-corrected chi connectivity index (χ3v) is 5.31. The third kappa shape index (κ3) is 7.02. The largest absolute Gasteiger partial charge is 0.467 e. The Morgan fingerprint density at radius 3 is 2.56 bits per heavy atom. The molecule has 1 rings (SSSR count). The number of carbonyl (C=O) groups excluding carboxylic acids is 3. The number of hydrogen-bond donors (Lipinski definition) is 2. The normalized spacial score (nSPS) is 24.6. The average Bonchev–Trinajstić information content (AvgIpc) is 2.55. The Morgan fingerprint density at radius 1 is 1.32 bits per heavy atom. The molecule has 7 nitrogen and oxygen atoms in total. The molecule has 1 fully saturated rings. The summed E-state index contributed by atoms with van der Waals surface area (Å²) in [5, 5.41) is 2.56. The molecule has 0 saturated heterocycles. The van der Waals surface area contributed by atoms with Crippen LogP contribution in [0.15, 0.2) is 0 Å². The highest BCUT2D eigenvalue weighted by atomic mass is 16.5. The second kappa shape index (κ2) is 9.75. The molecule has 0 aliphatic heterocycles. The van der Waals surface area contributed by atoms with Gasteiger partial charge < -0.3 is 20.5 Å². The summed E-state index contributed by atoms with van der Waals surface area (Å²) in [6.45, 7) is 6.59. The highest BCUT2D eigenvalue weighted by Gasteiger charge is 2.35. The Labute approximate surface area is 150 Å². The van der Waals surface area contributed by atoms with Crippen LogP contribution in [-0.4, -0.2) is 43.6 Å². The molecule has 0 aromatic carbocycles. The van der Waals surface area contributed by atoms with Crippen molar-refractivity contribution < 1.29 is 23.9 Å². The topological polar surface area (TPSA) is 108 Å². The van der Waals surface area contributed by atoms with Crippen LogP contribution in [0.4, 0.5) is 0 Å². The van der Waals surface area contributed by atoms with Gasteiger partial charge >= 0.3 is 5.97 Å². The van der Waals surface area contributed by atoms with Gasteiger partial charge in [0.2, 0.25) is 11.8 Å². The van der Waals surface area contributed by atoms with E-state index in [1.165, 1.54) is 13.5 Å². The first-order valence-electron chi connectivity index (χ1n) is 8.95. The van der Waals surface area contributed by atoms with Crippen molar-refractivity contribution in [1.82, 2.24) is 5.32 Å². The summed E-state index contributed by atoms with van der Waals surface area (Å²) in [5.41, 5.74) is 5.32. The van der Waals surface area contributed by atoms with E-state index in [-0.39, 0.29) is 31.0 Å². The van der Waals surface area contributed by atoms with E-state index in [2.05, 4.69) is 30.8 Å². The molecule has 1 aliphatic rings. The van der Waals surface area contributed by atoms with E-state index >= 15 is 0 Å². The number of primary amides is 1. The van der Waals surface area contributed by atoms with Gasteiger partial charge in [-0.3, -0.25) is 9.59 Å². The van der Waals surface area contributed by atoms with Crippen LogP contribution < -0.4 is 11.1 Å². The Balaban J connectivity index is 2.48. The smallest absolute Gasteiger partial charge is 0.328 e. The zero-order valence-corrected chi connectivity index (χ0v) is 15.8. The molecular weight excluding hydrogens is 324 g/mol. The second-order valence-electron chi connectivity index (χ2n) is 7.49. The van der Waals surface area contributed by atoms with Gasteiger partial charge in [0.15, 0.2) is 0 Å². The maximum atomic E-state index is 12.1. The fourth-order valence-electron chi connectivity index (χ4n) is 3.23. The molecule has 2 amide bonds. The monoisotopic (exact) mass is 356 g/mol. The number of nitrogens with two attached hydrogens (primary N) is 1. The van der Waals surface area contributed by atoms with Crippen LogP contribution in [0.1, 0.15) is 59.3 Å². The van der Waals surface area contributed by atoms with Crippen molar-refractivity contribution in [3.63, 3.8) is 0 Å². The number of ether oxygens (including phenoxy) is 2. The zero-order valence-electron chi connectivity index (χ0n) is 15.8. The van der Waals surface area contributed by atoms with Gasteiger partial charge in [-0.2, -0.15) is 0 Å². The predicted octanol–water partition coefficient (Wildman–Crippen LogP) is 1.53. The molecule has 0 aromatic heterocycles. The number of hydrogen-bond acceptors (Lipinski definition) is 5. The van der Waals surface area contributed by atoms with Gasteiger partial charge in [0.25, 0.3) is 0 Å². The van der Waals surface area contributed by atoms with Crippen molar-refractivity contribution in [2.45, 2.75) is 71.4 Å². The predicted molar refractivity (Wildman–Crippen MR) is 93.5 cm³/mol. The van der Waals surface area contributed by atoms with E-state index < -0.39 is 23.8 Å². The lowest BCUT2D eigenvalue weighted by atomic mass is 9.67. The second-order valence-corrected chi connectivity index (χ2v) is 7.49. The van der Waals surface area contributed by atoms with E-state index in [0.717, 1.165) is 19.3 Å². The lowest BCUT2D eigenvalue weighted by Crippen LogP contribution is -2.44. The summed E-state index contributed by atoms with van der Waals surface area (Å²) in [6, 6.07) is -0.888. The highest BCUT2D eigenvalue weighted by molar-refractivity contribution is 5.85. The van der Waals surface area contributed by atoms with Crippen LogP contribution in [-0.2, 0) is 23.9 Å². The molecule has 2 unspecified atom stereocenters. The van der Waals surface area contributed by atoms with E-state index in [4.69, 9.17) is 10.5 Å². The van der Waals surface area contributed by atoms with Crippen molar-refractivity contribution in [2.24, 2.45) is 17.1 Å². The van der Waals surface area contributed by atoms with E-state index in [1.54, 1.807) is 0 Å². The van der Waals surface area contributed by atoms with Crippen LogP contribution in [0.25, 0.3) is 0 Å². The summed E-state index contributed by atoms with van der Waals surface area (Å²) in [6.07, 6.45) is 4.30. The Kier molecular flexibility index (Phi) is 8.35. The molecule has 1 saturated carbocycles. The quantitative estimate of drug-likeness (QED) is 0.609. The van der Waals surface area contributed by atoms with Gasteiger partial charge in [-0.1, -0.05) is 27.2 Å². The van der Waals surface area contributed by atoms with Crippen LogP contribution in [0.5, 0.6) is 0 Å². The van der Waals surface area contributed by atoms with Crippen molar-refractivity contribution in [3.8, 4) is 0 Å². The van der Waals surface area contributed by atoms with Gasteiger partial charge in [-0.05, 0) is 37.0 Å². The molecule has 1 aliphatic carbocycles. The van der Waals surface area contributed by atoms with Gasteiger partial charge in [0.05, 0.1) is 13.2 Å². The summed E-state index contributed by atoms with van der Waals surface area (Å²) < 4.78 is 10.4. The molecule has 0 bridgehead atoms. The molecule has 25 heavy (non-hydrogen) atoms. The number of esters is 1. The molecule has 0 aromatic rings. The van der Waals surface area contributed by atoms with Gasteiger partial charge in [0.1, 0.15) is 12.6 Å².